The van der Waals surface area contributed by atoms with E-state index in [1.807, 2.05) is 0 Å². The van der Waals surface area contributed by atoms with Gasteiger partial charge in [-0.3, -0.25) is 0 Å². The van der Waals surface area contributed by atoms with Crippen molar-refractivity contribution in [1.29, 1.82) is 0 Å². The average molecular weight is 265 g/mol. The Bertz CT molecular complexity index is 390. The molecule has 0 radical (unpaired) electrons. The van der Waals surface area contributed by atoms with Crippen molar-refractivity contribution in [3.05, 3.63) is 0 Å². The highest BCUT2D eigenvalue weighted by Crippen LogP contribution is 2.22. The summed E-state index contributed by atoms with van der Waals surface area (Å²) in [7, 11) is -1.91. The predicted octanol–water partition coefficient (Wildman–Crippen LogP) is -0.380. The quantitative estimate of drug-likeness (QED) is 0.719. The van der Waals surface area contributed by atoms with Gasteiger partial charge in [0.1, 0.15) is 15.9 Å². The van der Waals surface area contributed by atoms with Crippen LogP contribution in [0.1, 0.15) is 12.8 Å². The highest BCUT2D eigenvalue weighted by atomic mass is 32.2. The number of hydrogen-bond acceptors (Lipinski definition) is 5. The first kappa shape index (κ1) is 13.8. The van der Waals surface area contributed by atoms with E-state index in [1.54, 1.807) is 0 Å². The highest BCUT2D eigenvalue weighted by Gasteiger charge is 2.34. The van der Waals surface area contributed by atoms with E-state index in [0.717, 1.165) is 7.11 Å². The lowest BCUT2D eigenvalue weighted by atomic mass is 9.94. The van der Waals surface area contributed by atoms with Crippen LogP contribution in [0.5, 0.6) is 0 Å². The lowest BCUT2D eigenvalue weighted by molar-refractivity contribution is -0.140. The molecule has 1 amide bonds. The first-order valence-electron chi connectivity index (χ1n) is 5.13. The van der Waals surface area contributed by atoms with Crippen LogP contribution < -0.4 is 5.32 Å². The first-order valence-corrected chi connectivity index (χ1v) is 6.95. The Labute approximate surface area is 99.1 Å². The molecule has 1 heterocycles. The maximum Gasteiger partial charge on any atom is 0.407 e. The van der Waals surface area contributed by atoms with E-state index >= 15 is 0 Å². The second kappa shape index (κ2) is 5.35. The van der Waals surface area contributed by atoms with Crippen LogP contribution in [-0.2, 0) is 19.4 Å². The van der Waals surface area contributed by atoms with Crippen LogP contribution in [0.4, 0.5) is 4.79 Å². The topological polar surface area (TPSA) is 110 Å². The largest absolute Gasteiger partial charge is 0.480 e. The Morgan fingerprint density at radius 1 is 1.35 bits per heavy atom. The molecule has 0 aromatic heterocycles. The molecule has 98 valence electrons. The van der Waals surface area contributed by atoms with Gasteiger partial charge in [-0.25, -0.2) is 18.0 Å². The third-order valence-electron chi connectivity index (χ3n) is 2.80. The van der Waals surface area contributed by atoms with Gasteiger partial charge in [-0.1, -0.05) is 0 Å². The fourth-order valence-electron chi connectivity index (χ4n) is 1.81. The van der Waals surface area contributed by atoms with E-state index in [2.05, 4.69) is 10.1 Å². The molecule has 17 heavy (non-hydrogen) atoms. The third kappa shape index (κ3) is 3.88. The summed E-state index contributed by atoms with van der Waals surface area (Å²) in [5.41, 5.74) is 0. The molecule has 7 nitrogen and oxygen atoms in total. The van der Waals surface area contributed by atoms with Crippen LogP contribution >= 0.6 is 0 Å². The van der Waals surface area contributed by atoms with Crippen molar-refractivity contribution in [2.24, 2.45) is 5.92 Å². The molecule has 8 heteroatoms. The molecular formula is C9H15NO6S. The van der Waals surface area contributed by atoms with E-state index in [1.165, 1.54) is 0 Å². The van der Waals surface area contributed by atoms with Gasteiger partial charge in [0.15, 0.2) is 0 Å². The molecule has 1 unspecified atom stereocenters. The Hall–Kier alpha value is -1.31. The number of ether oxygens (including phenoxy) is 1. The van der Waals surface area contributed by atoms with Crippen LogP contribution in [0.15, 0.2) is 0 Å². The Morgan fingerprint density at radius 3 is 2.29 bits per heavy atom. The lowest BCUT2D eigenvalue weighted by Gasteiger charge is -2.27. The molecule has 0 saturated carbocycles. The number of carboxylic acids is 1. The number of carbonyl (C=O) groups is 2. The monoisotopic (exact) mass is 265 g/mol. The van der Waals surface area contributed by atoms with Crippen LogP contribution in [-0.4, -0.2) is 50.2 Å². The summed E-state index contributed by atoms with van der Waals surface area (Å²) < 4.78 is 26.7. The van der Waals surface area contributed by atoms with E-state index in [-0.39, 0.29) is 30.3 Å². The Kier molecular flexibility index (Phi) is 4.33. The molecule has 1 aliphatic rings. The second-order valence-corrected chi connectivity index (χ2v) is 6.24. The fraction of sp³-hybridized carbons (Fsp3) is 0.778. The minimum atomic E-state index is -3.05. The molecule has 1 saturated heterocycles. The minimum Gasteiger partial charge on any atom is -0.480 e. The van der Waals surface area contributed by atoms with Gasteiger partial charge in [-0.05, 0) is 18.8 Å². The van der Waals surface area contributed by atoms with Crippen molar-refractivity contribution in [1.82, 2.24) is 5.32 Å². The predicted molar refractivity (Wildman–Crippen MR) is 58.3 cm³/mol. The number of amides is 1. The maximum atomic E-state index is 11.2. The number of sulfone groups is 1. The van der Waals surface area contributed by atoms with E-state index in [9.17, 15) is 18.0 Å². The van der Waals surface area contributed by atoms with Crippen LogP contribution in [0.2, 0.25) is 0 Å². The zero-order valence-corrected chi connectivity index (χ0v) is 10.2. The van der Waals surface area contributed by atoms with Gasteiger partial charge < -0.3 is 15.2 Å². The standard InChI is InChI=1S/C9H15NO6S/c1-16-9(13)10-7(8(11)12)6-2-4-17(14,15)5-3-6/h6-7H,2-5H2,1H3,(H,10,13)(H,11,12). The molecule has 0 bridgehead atoms. The molecule has 1 rings (SSSR count). The number of carboxylic acid groups (broad SMARTS) is 1. The van der Waals surface area contributed by atoms with Gasteiger partial charge in [-0.15, -0.1) is 0 Å². The summed E-state index contributed by atoms with van der Waals surface area (Å²) in [5, 5.41) is 11.2. The Balaban J connectivity index is 2.67. The van der Waals surface area contributed by atoms with Crippen molar-refractivity contribution in [2.45, 2.75) is 18.9 Å². The van der Waals surface area contributed by atoms with Crippen LogP contribution in [0, 0.1) is 5.92 Å². The summed E-state index contributed by atoms with van der Waals surface area (Å²) >= 11 is 0. The number of alkyl carbamates (subject to hydrolysis) is 1. The van der Waals surface area contributed by atoms with Crippen molar-refractivity contribution in [2.75, 3.05) is 18.6 Å². The lowest BCUT2D eigenvalue weighted by Crippen LogP contribution is -2.48. The van der Waals surface area contributed by atoms with Gasteiger partial charge >= 0.3 is 12.1 Å². The average Bonchev–Trinajstić information content (AvgIpc) is 2.26. The molecule has 0 aromatic carbocycles. The van der Waals surface area contributed by atoms with Crippen molar-refractivity contribution in [3.8, 4) is 0 Å². The van der Waals surface area contributed by atoms with Gasteiger partial charge in [0, 0.05) is 0 Å². The molecule has 0 aromatic rings. The van der Waals surface area contributed by atoms with Gasteiger partial charge in [-0.2, -0.15) is 0 Å². The van der Waals surface area contributed by atoms with Crippen LogP contribution in [0.25, 0.3) is 0 Å². The second-order valence-electron chi connectivity index (χ2n) is 3.94. The van der Waals surface area contributed by atoms with Crippen molar-refractivity contribution >= 4 is 21.9 Å². The van der Waals surface area contributed by atoms with Gasteiger partial charge in [0.05, 0.1) is 18.6 Å². The molecular weight excluding hydrogens is 250 g/mol. The molecule has 0 aliphatic carbocycles. The molecule has 1 aliphatic heterocycles. The summed E-state index contributed by atoms with van der Waals surface area (Å²) in [4.78, 5) is 22.0. The van der Waals surface area contributed by atoms with Crippen molar-refractivity contribution < 1.29 is 27.9 Å². The Morgan fingerprint density at radius 2 is 1.88 bits per heavy atom. The number of nitrogens with one attached hydrogen (secondary N) is 1. The van der Waals surface area contributed by atoms with Crippen molar-refractivity contribution in [3.63, 3.8) is 0 Å². The molecule has 0 spiro atoms. The van der Waals surface area contributed by atoms with E-state index in [0.29, 0.717) is 0 Å². The third-order valence-corrected chi connectivity index (χ3v) is 4.51. The fourth-order valence-corrected chi connectivity index (χ4v) is 3.34. The normalized spacial score (nSPS) is 21.5. The summed E-state index contributed by atoms with van der Waals surface area (Å²) in [6.07, 6.45) is -0.349. The minimum absolute atomic E-state index is 0.0374. The number of methoxy groups -OCH3 is 1. The highest BCUT2D eigenvalue weighted by molar-refractivity contribution is 7.91. The summed E-state index contributed by atoms with van der Waals surface area (Å²) in [6, 6.07) is -1.10. The molecule has 2 N–H and O–H groups in total. The van der Waals surface area contributed by atoms with Crippen LogP contribution in [0.3, 0.4) is 0 Å². The molecule has 1 fully saturated rings. The van der Waals surface area contributed by atoms with Gasteiger partial charge in [0.25, 0.3) is 0 Å². The summed E-state index contributed by atoms with van der Waals surface area (Å²) in [5.74, 6) is -1.64. The van der Waals surface area contributed by atoms with Gasteiger partial charge in [0.2, 0.25) is 0 Å². The number of rotatable bonds is 3. The SMILES string of the molecule is COC(=O)NC(C(=O)O)C1CCS(=O)(=O)CC1. The smallest absolute Gasteiger partial charge is 0.407 e. The molecule has 1 atom stereocenters. The number of hydrogen-bond donors (Lipinski definition) is 2. The van der Waals surface area contributed by atoms with E-state index in [4.69, 9.17) is 5.11 Å². The summed E-state index contributed by atoms with van der Waals surface area (Å²) in [6.45, 7) is 0. The zero-order chi connectivity index (χ0) is 13.1. The number of carbonyl (C=O) groups excluding carboxylic acids is 1. The maximum absolute atomic E-state index is 11.2. The van der Waals surface area contributed by atoms with E-state index < -0.39 is 27.9 Å². The number of aliphatic carboxylic acids is 1. The zero-order valence-electron chi connectivity index (χ0n) is 9.38. The first-order chi connectivity index (χ1) is 7.85.